The van der Waals surface area contributed by atoms with Crippen LogP contribution in [0.2, 0.25) is 0 Å². The zero-order valence-electron chi connectivity index (χ0n) is 12.4. The van der Waals surface area contributed by atoms with E-state index in [0.29, 0.717) is 0 Å². The van der Waals surface area contributed by atoms with Crippen LogP contribution in [-0.4, -0.2) is 5.11 Å². The zero-order chi connectivity index (χ0) is 13.9. The third-order valence-electron chi connectivity index (χ3n) is 4.02. The summed E-state index contributed by atoms with van der Waals surface area (Å²) in [5.41, 5.74) is 3.73. The van der Waals surface area contributed by atoms with E-state index in [1.807, 2.05) is 0 Å². The van der Waals surface area contributed by atoms with Gasteiger partial charge >= 0.3 is 0 Å². The average Bonchev–Trinajstić information content (AvgIpc) is 2.66. The van der Waals surface area contributed by atoms with Crippen LogP contribution < -0.4 is 0 Å². The Morgan fingerprint density at radius 1 is 1.00 bits per heavy atom. The highest BCUT2D eigenvalue weighted by Gasteiger charge is 2.17. The van der Waals surface area contributed by atoms with Crippen LogP contribution in [0.5, 0.6) is 0 Å². The lowest BCUT2D eigenvalue weighted by atomic mass is 9.86. The van der Waals surface area contributed by atoms with Crippen LogP contribution in [0.4, 0.5) is 0 Å². The molecule has 19 heavy (non-hydrogen) atoms. The van der Waals surface area contributed by atoms with E-state index in [-0.39, 0.29) is 5.41 Å². The largest absolute Gasteiger partial charge is 0.384 e. The van der Waals surface area contributed by atoms with Gasteiger partial charge in [0.1, 0.15) is 6.10 Å². The van der Waals surface area contributed by atoms with E-state index in [9.17, 15) is 5.11 Å². The van der Waals surface area contributed by atoms with Crippen molar-refractivity contribution in [1.82, 2.24) is 0 Å². The minimum Gasteiger partial charge on any atom is -0.384 e. The van der Waals surface area contributed by atoms with Crippen molar-refractivity contribution in [1.29, 1.82) is 0 Å². The minimum atomic E-state index is -0.410. The summed E-state index contributed by atoms with van der Waals surface area (Å²) in [7, 11) is 0. The molecule has 1 aliphatic carbocycles. The number of hydrogen-bond donors (Lipinski definition) is 1. The first kappa shape index (κ1) is 14.3. The topological polar surface area (TPSA) is 20.2 Å². The molecule has 104 valence electrons. The van der Waals surface area contributed by atoms with E-state index in [1.165, 1.54) is 30.4 Å². The Balaban J connectivity index is 2.15. The molecule has 0 heterocycles. The first-order chi connectivity index (χ1) is 8.98. The summed E-state index contributed by atoms with van der Waals surface area (Å²) in [6, 6.07) is 8.46. The summed E-state index contributed by atoms with van der Waals surface area (Å²) in [4.78, 5) is 0. The van der Waals surface area contributed by atoms with E-state index in [0.717, 1.165) is 18.4 Å². The average molecular weight is 258 g/mol. The molecule has 1 aliphatic rings. The maximum absolute atomic E-state index is 10.5. The van der Waals surface area contributed by atoms with Crippen molar-refractivity contribution in [2.24, 2.45) is 0 Å². The van der Waals surface area contributed by atoms with Crippen molar-refractivity contribution >= 4 is 0 Å². The van der Waals surface area contributed by atoms with Gasteiger partial charge in [-0.1, -0.05) is 57.5 Å². The van der Waals surface area contributed by atoms with Crippen LogP contribution in [0.3, 0.4) is 0 Å². The van der Waals surface area contributed by atoms with Gasteiger partial charge in [-0.15, -0.1) is 0 Å². The smallest absolute Gasteiger partial charge is 0.100 e. The number of allylic oxidation sites excluding steroid dienone is 1. The van der Waals surface area contributed by atoms with Crippen LogP contribution in [-0.2, 0) is 5.41 Å². The van der Waals surface area contributed by atoms with Gasteiger partial charge in [-0.2, -0.15) is 0 Å². The molecule has 0 amide bonds. The molecule has 1 nitrogen and oxygen atoms in total. The fraction of sp³-hybridized carbons (Fsp3) is 0.556. The summed E-state index contributed by atoms with van der Waals surface area (Å²) in [5, 5.41) is 10.5. The summed E-state index contributed by atoms with van der Waals surface area (Å²) < 4.78 is 0. The predicted molar refractivity (Wildman–Crippen MR) is 81.3 cm³/mol. The van der Waals surface area contributed by atoms with Crippen molar-refractivity contribution in [2.75, 3.05) is 0 Å². The van der Waals surface area contributed by atoms with E-state index in [1.54, 1.807) is 0 Å². The molecule has 2 rings (SSSR count). The number of benzene rings is 1. The van der Waals surface area contributed by atoms with Crippen molar-refractivity contribution < 1.29 is 5.11 Å². The molecule has 0 radical (unpaired) electrons. The first-order valence-corrected chi connectivity index (χ1v) is 7.46. The highest BCUT2D eigenvalue weighted by atomic mass is 16.3. The van der Waals surface area contributed by atoms with Gasteiger partial charge in [0.2, 0.25) is 0 Å². The standard InChI is InChI=1S/C18H26O/c1-18(2,3)16-12-10-15(11-13-16)17(19)14-8-6-4-5-7-9-14/h8,10-13,17,19H,4-7,9H2,1-3H3. The molecule has 1 unspecified atom stereocenters. The molecule has 0 aromatic heterocycles. The van der Waals surface area contributed by atoms with Crippen molar-refractivity contribution in [3.63, 3.8) is 0 Å². The second-order valence-corrected chi connectivity index (χ2v) is 6.65. The summed E-state index contributed by atoms with van der Waals surface area (Å²) in [5.74, 6) is 0. The van der Waals surface area contributed by atoms with E-state index < -0.39 is 6.10 Å². The fourth-order valence-corrected chi connectivity index (χ4v) is 2.67. The van der Waals surface area contributed by atoms with Gasteiger partial charge in [0.15, 0.2) is 0 Å². The van der Waals surface area contributed by atoms with E-state index >= 15 is 0 Å². The van der Waals surface area contributed by atoms with Gasteiger partial charge < -0.3 is 5.11 Å². The molecular weight excluding hydrogens is 232 g/mol. The SMILES string of the molecule is CC(C)(C)c1ccc(C(O)C2=CCCCCC2)cc1. The van der Waals surface area contributed by atoms with Crippen LogP contribution in [0.25, 0.3) is 0 Å². The number of aliphatic hydroxyl groups excluding tert-OH is 1. The maximum Gasteiger partial charge on any atom is 0.100 e. The lowest BCUT2D eigenvalue weighted by Gasteiger charge is -2.20. The Bertz CT molecular complexity index is 434. The quantitative estimate of drug-likeness (QED) is 0.747. The number of rotatable bonds is 2. The highest BCUT2D eigenvalue weighted by Crippen LogP contribution is 2.30. The Morgan fingerprint density at radius 3 is 2.32 bits per heavy atom. The number of aliphatic hydroxyl groups is 1. The van der Waals surface area contributed by atoms with Crippen LogP contribution in [0.15, 0.2) is 35.9 Å². The monoisotopic (exact) mass is 258 g/mol. The highest BCUT2D eigenvalue weighted by molar-refractivity contribution is 5.32. The lowest BCUT2D eigenvalue weighted by Crippen LogP contribution is -2.11. The molecule has 0 fully saturated rings. The van der Waals surface area contributed by atoms with Crippen molar-refractivity contribution in [3.8, 4) is 0 Å². The van der Waals surface area contributed by atoms with E-state index in [4.69, 9.17) is 0 Å². The molecule has 1 heteroatoms. The van der Waals surface area contributed by atoms with Crippen LogP contribution in [0, 0.1) is 0 Å². The van der Waals surface area contributed by atoms with Gasteiger partial charge in [0.05, 0.1) is 0 Å². The van der Waals surface area contributed by atoms with Gasteiger partial charge in [-0.05, 0) is 47.8 Å². The third kappa shape index (κ3) is 3.70. The second-order valence-electron chi connectivity index (χ2n) is 6.65. The van der Waals surface area contributed by atoms with Crippen LogP contribution >= 0.6 is 0 Å². The van der Waals surface area contributed by atoms with Crippen molar-refractivity contribution in [3.05, 3.63) is 47.0 Å². The van der Waals surface area contributed by atoms with Gasteiger partial charge in [-0.3, -0.25) is 0 Å². The normalized spacial score (nSPS) is 18.6. The maximum atomic E-state index is 10.5. The molecule has 1 N–H and O–H groups in total. The Morgan fingerprint density at radius 2 is 1.68 bits per heavy atom. The van der Waals surface area contributed by atoms with Gasteiger partial charge in [0.25, 0.3) is 0 Å². The molecule has 0 aliphatic heterocycles. The van der Waals surface area contributed by atoms with Gasteiger partial charge in [-0.25, -0.2) is 0 Å². The first-order valence-electron chi connectivity index (χ1n) is 7.46. The van der Waals surface area contributed by atoms with Gasteiger partial charge in [0, 0.05) is 0 Å². The minimum absolute atomic E-state index is 0.172. The number of hydrogen-bond acceptors (Lipinski definition) is 1. The fourth-order valence-electron chi connectivity index (χ4n) is 2.67. The molecule has 1 aromatic rings. The molecule has 0 saturated carbocycles. The molecule has 0 saturated heterocycles. The zero-order valence-corrected chi connectivity index (χ0v) is 12.4. The summed E-state index contributed by atoms with van der Waals surface area (Å²) in [6.07, 6.45) is 7.76. The predicted octanol–water partition coefficient (Wildman–Crippen LogP) is 4.91. The van der Waals surface area contributed by atoms with E-state index in [2.05, 4.69) is 51.1 Å². The molecule has 0 spiro atoms. The summed E-state index contributed by atoms with van der Waals surface area (Å²) >= 11 is 0. The molecule has 1 aromatic carbocycles. The second kappa shape index (κ2) is 5.92. The Hall–Kier alpha value is -1.08. The molecule has 1 atom stereocenters. The Kier molecular flexibility index (Phi) is 4.46. The lowest BCUT2D eigenvalue weighted by molar-refractivity contribution is 0.210. The molecule has 0 bridgehead atoms. The van der Waals surface area contributed by atoms with Crippen molar-refractivity contribution in [2.45, 2.75) is 64.4 Å². The summed E-state index contributed by atoms with van der Waals surface area (Å²) in [6.45, 7) is 6.64. The third-order valence-corrected chi connectivity index (χ3v) is 4.02. The molecular formula is C18H26O. The van der Waals surface area contributed by atoms with Crippen LogP contribution in [0.1, 0.15) is 70.1 Å². The Labute approximate surface area is 117 Å².